The lowest BCUT2D eigenvalue weighted by Crippen LogP contribution is -2.15. The quantitative estimate of drug-likeness (QED) is 0.747. The van der Waals surface area contributed by atoms with E-state index in [0.29, 0.717) is 0 Å². The van der Waals surface area contributed by atoms with Crippen LogP contribution in [0.2, 0.25) is 0 Å². The highest BCUT2D eigenvalue weighted by Crippen LogP contribution is 2.32. The molecule has 0 saturated carbocycles. The van der Waals surface area contributed by atoms with Gasteiger partial charge in [0.15, 0.2) is 0 Å². The number of H-pyrrole nitrogens is 1. The third-order valence-corrected chi connectivity index (χ3v) is 1.84. The average Bonchev–Trinajstić information content (AvgIpc) is 2.49. The van der Waals surface area contributed by atoms with E-state index in [1.807, 2.05) is 5.10 Å². The Morgan fingerprint density at radius 1 is 1.62 bits per heavy atom. The zero-order valence-electron chi connectivity index (χ0n) is 7.02. The number of nitrogens with zero attached hydrogens (tertiary/aromatic N) is 1. The molecule has 0 aliphatic heterocycles. The van der Waals surface area contributed by atoms with Gasteiger partial charge in [0.25, 0.3) is 0 Å². The molecule has 0 fully saturated rings. The molecule has 3 N–H and O–H groups in total. The van der Waals surface area contributed by atoms with Gasteiger partial charge in [0.05, 0.1) is 6.20 Å². The summed E-state index contributed by atoms with van der Waals surface area (Å²) in [5.41, 5.74) is 4.59. The van der Waals surface area contributed by atoms with E-state index < -0.39 is 11.9 Å². The highest BCUT2D eigenvalue weighted by Gasteiger charge is 2.36. The first kappa shape index (κ1) is 10.0. The van der Waals surface area contributed by atoms with Crippen LogP contribution < -0.4 is 5.73 Å². The lowest BCUT2D eigenvalue weighted by Gasteiger charge is -2.10. The highest BCUT2D eigenvalue weighted by atomic mass is 19.4. The van der Waals surface area contributed by atoms with Gasteiger partial charge in [0, 0.05) is 5.56 Å². The van der Waals surface area contributed by atoms with Crippen molar-refractivity contribution < 1.29 is 13.2 Å². The molecule has 0 bridgehead atoms. The molecule has 0 aliphatic rings. The maximum atomic E-state index is 12.3. The van der Waals surface area contributed by atoms with E-state index in [1.165, 1.54) is 6.20 Å². The number of halogens is 3. The predicted octanol–water partition coefficient (Wildman–Crippen LogP) is 1.49. The van der Waals surface area contributed by atoms with E-state index in [2.05, 4.69) is 5.10 Å². The fourth-order valence-electron chi connectivity index (χ4n) is 1.02. The summed E-state index contributed by atoms with van der Waals surface area (Å²) in [7, 11) is 0. The maximum Gasteiger partial charge on any atom is 0.433 e. The van der Waals surface area contributed by atoms with Gasteiger partial charge in [-0.1, -0.05) is 6.92 Å². The molecule has 13 heavy (non-hydrogen) atoms. The molecule has 1 aromatic heterocycles. The minimum atomic E-state index is -4.38. The van der Waals surface area contributed by atoms with Crippen molar-refractivity contribution in [2.45, 2.75) is 19.0 Å². The fraction of sp³-hybridized carbons (Fsp3) is 0.571. The molecule has 1 heterocycles. The second kappa shape index (κ2) is 3.37. The minimum absolute atomic E-state index is 0.120. The first-order valence-electron chi connectivity index (χ1n) is 3.77. The van der Waals surface area contributed by atoms with Crippen molar-refractivity contribution >= 4 is 0 Å². The molecule has 6 heteroatoms. The number of hydrogen-bond donors (Lipinski definition) is 2. The smallest absolute Gasteiger partial charge is 0.330 e. The Morgan fingerprint density at radius 2 is 2.23 bits per heavy atom. The van der Waals surface area contributed by atoms with Gasteiger partial charge >= 0.3 is 6.18 Å². The zero-order chi connectivity index (χ0) is 10.1. The predicted molar refractivity (Wildman–Crippen MR) is 41.1 cm³/mol. The molecule has 1 atom stereocenters. The molecule has 0 radical (unpaired) electrons. The number of alkyl halides is 3. The van der Waals surface area contributed by atoms with E-state index in [-0.39, 0.29) is 18.0 Å². The van der Waals surface area contributed by atoms with Gasteiger partial charge in [-0.15, -0.1) is 0 Å². The van der Waals surface area contributed by atoms with Crippen molar-refractivity contribution in [3.63, 3.8) is 0 Å². The molecule has 0 aromatic carbocycles. The molecule has 0 aliphatic carbocycles. The van der Waals surface area contributed by atoms with Crippen molar-refractivity contribution in [2.75, 3.05) is 6.54 Å². The molecule has 1 rings (SSSR count). The van der Waals surface area contributed by atoms with Crippen LogP contribution in [0, 0.1) is 0 Å². The van der Waals surface area contributed by atoms with Crippen LogP contribution in [0.4, 0.5) is 13.2 Å². The van der Waals surface area contributed by atoms with Crippen LogP contribution in [0.5, 0.6) is 0 Å². The summed E-state index contributed by atoms with van der Waals surface area (Å²) >= 11 is 0. The summed E-state index contributed by atoms with van der Waals surface area (Å²) in [6, 6.07) is 0. The summed E-state index contributed by atoms with van der Waals surface area (Å²) in [4.78, 5) is 0. The first-order valence-corrected chi connectivity index (χ1v) is 3.77. The molecule has 1 unspecified atom stereocenters. The van der Waals surface area contributed by atoms with E-state index in [0.717, 1.165) is 0 Å². The molecular weight excluding hydrogens is 183 g/mol. The molecule has 0 amide bonds. The van der Waals surface area contributed by atoms with Crippen LogP contribution in [-0.2, 0) is 6.18 Å². The number of nitrogens with one attached hydrogen (secondary N) is 1. The fourth-order valence-corrected chi connectivity index (χ4v) is 1.02. The second-order valence-corrected chi connectivity index (χ2v) is 2.83. The first-order chi connectivity index (χ1) is 5.96. The zero-order valence-corrected chi connectivity index (χ0v) is 7.02. The van der Waals surface area contributed by atoms with Gasteiger partial charge < -0.3 is 5.73 Å². The van der Waals surface area contributed by atoms with Gasteiger partial charge in [0.1, 0.15) is 5.69 Å². The summed E-state index contributed by atoms with van der Waals surface area (Å²) in [6.45, 7) is 1.79. The van der Waals surface area contributed by atoms with Gasteiger partial charge in [-0.2, -0.15) is 18.3 Å². The topological polar surface area (TPSA) is 54.7 Å². The number of nitrogens with two attached hydrogens (primary N) is 1. The minimum Gasteiger partial charge on any atom is -0.330 e. The Morgan fingerprint density at radius 3 is 2.69 bits per heavy atom. The van der Waals surface area contributed by atoms with Crippen molar-refractivity contribution in [1.82, 2.24) is 10.2 Å². The number of aromatic amines is 1. The third kappa shape index (κ3) is 2.00. The van der Waals surface area contributed by atoms with Crippen LogP contribution in [-0.4, -0.2) is 16.7 Å². The van der Waals surface area contributed by atoms with Gasteiger partial charge in [-0.3, -0.25) is 5.10 Å². The van der Waals surface area contributed by atoms with Crippen LogP contribution in [0.15, 0.2) is 6.20 Å². The summed E-state index contributed by atoms with van der Waals surface area (Å²) in [6.07, 6.45) is -3.21. The Hall–Kier alpha value is -1.04. The summed E-state index contributed by atoms with van der Waals surface area (Å²) in [5.74, 6) is -0.338. The maximum absolute atomic E-state index is 12.3. The number of hydrogen-bond acceptors (Lipinski definition) is 2. The van der Waals surface area contributed by atoms with Crippen molar-refractivity contribution in [3.05, 3.63) is 17.5 Å². The lowest BCUT2D eigenvalue weighted by molar-refractivity contribution is -0.141. The van der Waals surface area contributed by atoms with Crippen LogP contribution in [0.25, 0.3) is 0 Å². The third-order valence-electron chi connectivity index (χ3n) is 1.84. The number of aromatic nitrogens is 2. The average molecular weight is 193 g/mol. The van der Waals surface area contributed by atoms with Gasteiger partial charge in [-0.25, -0.2) is 0 Å². The number of rotatable bonds is 2. The highest BCUT2D eigenvalue weighted by molar-refractivity contribution is 5.23. The van der Waals surface area contributed by atoms with Crippen LogP contribution in [0.3, 0.4) is 0 Å². The molecule has 0 saturated heterocycles. The van der Waals surface area contributed by atoms with E-state index >= 15 is 0 Å². The SMILES string of the molecule is CC(CN)c1cn[nH]c1C(F)(F)F. The summed E-state index contributed by atoms with van der Waals surface area (Å²) in [5, 5.41) is 5.29. The Kier molecular flexibility index (Phi) is 2.60. The Balaban J connectivity index is 3.03. The lowest BCUT2D eigenvalue weighted by atomic mass is 10.0. The largest absolute Gasteiger partial charge is 0.433 e. The van der Waals surface area contributed by atoms with E-state index in [1.54, 1.807) is 6.92 Å². The van der Waals surface area contributed by atoms with Crippen molar-refractivity contribution in [2.24, 2.45) is 5.73 Å². The van der Waals surface area contributed by atoms with Gasteiger partial charge in [0.2, 0.25) is 0 Å². The molecule has 1 aromatic rings. The van der Waals surface area contributed by atoms with Crippen LogP contribution in [0.1, 0.15) is 24.1 Å². The molecule has 74 valence electrons. The van der Waals surface area contributed by atoms with E-state index in [4.69, 9.17) is 5.73 Å². The van der Waals surface area contributed by atoms with E-state index in [9.17, 15) is 13.2 Å². The van der Waals surface area contributed by atoms with Gasteiger partial charge in [-0.05, 0) is 12.5 Å². The van der Waals surface area contributed by atoms with Crippen molar-refractivity contribution in [3.8, 4) is 0 Å². The molecule has 3 nitrogen and oxygen atoms in total. The van der Waals surface area contributed by atoms with Crippen molar-refractivity contribution in [1.29, 1.82) is 0 Å². The van der Waals surface area contributed by atoms with Crippen LogP contribution >= 0.6 is 0 Å². The second-order valence-electron chi connectivity index (χ2n) is 2.83. The summed E-state index contributed by atoms with van der Waals surface area (Å²) < 4.78 is 36.8. The normalized spacial score (nSPS) is 14.5. The standard InChI is InChI=1S/C7H10F3N3/c1-4(2-11)5-3-12-13-6(5)7(8,9)10/h3-4H,2,11H2,1H3,(H,12,13). The molecule has 0 spiro atoms. The Labute approximate surface area is 73.1 Å². The monoisotopic (exact) mass is 193 g/mol. The molecular formula is C7H10F3N3. The Bertz CT molecular complexity index is 279.